The van der Waals surface area contributed by atoms with Gasteiger partial charge in [-0.25, -0.2) is 4.79 Å². The van der Waals surface area contributed by atoms with E-state index in [1.54, 1.807) is 0 Å². The maximum atomic E-state index is 12.3. The number of amides is 1. The Labute approximate surface area is 124 Å². The average molecular weight is 293 g/mol. The van der Waals surface area contributed by atoms with E-state index in [4.69, 9.17) is 9.84 Å². The van der Waals surface area contributed by atoms with Crippen molar-refractivity contribution in [1.82, 2.24) is 5.32 Å². The van der Waals surface area contributed by atoms with E-state index in [1.807, 2.05) is 0 Å². The number of ether oxygens (including phenoxy) is 1. The van der Waals surface area contributed by atoms with Gasteiger partial charge in [0.15, 0.2) is 6.10 Å². The van der Waals surface area contributed by atoms with Crippen LogP contribution in [-0.4, -0.2) is 35.2 Å². The third-order valence-corrected chi connectivity index (χ3v) is 6.34. The zero-order chi connectivity index (χ0) is 14.6. The SMILES string of the molecule is O=C(NC1CC2CC1C1CCCC21)[C@@H]1CC[C@H](C(=O)O)O1. The van der Waals surface area contributed by atoms with Crippen LogP contribution in [0.2, 0.25) is 0 Å². The highest BCUT2D eigenvalue weighted by molar-refractivity contribution is 5.83. The summed E-state index contributed by atoms with van der Waals surface area (Å²) >= 11 is 0. The number of nitrogens with one attached hydrogen (secondary N) is 1. The Bertz CT molecular complexity index is 465. The summed E-state index contributed by atoms with van der Waals surface area (Å²) in [6, 6.07) is 0.300. The van der Waals surface area contributed by atoms with Crippen LogP contribution in [0.5, 0.6) is 0 Å². The van der Waals surface area contributed by atoms with Crippen LogP contribution in [0, 0.1) is 23.7 Å². The van der Waals surface area contributed by atoms with Gasteiger partial charge in [-0.2, -0.15) is 0 Å². The molecule has 3 saturated carbocycles. The quantitative estimate of drug-likeness (QED) is 0.828. The zero-order valence-electron chi connectivity index (χ0n) is 12.2. The normalized spacial score (nSPS) is 47.5. The Kier molecular flexibility index (Phi) is 3.21. The number of carbonyl (C=O) groups excluding carboxylic acids is 1. The smallest absolute Gasteiger partial charge is 0.332 e. The Morgan fingerprint density at radius 3 is 2.48 bits per heavy atom. The maximum Gasteiger partial charge on any atom is 0.332 e. The van der Waals surface area contributed by atoms with Crippen LogP contribution in [0.1, 0.15) is 44.9 Å². The number of rotatable bonds is 3. The van der Waals surface area contributed by atoms with E-state index in [0.29, 0.717) is 24.8 Å². The topological polar surface area (TPSA) is 75.6 Å². The van der Waals surface area contributed by atoms with Crippen LogP contribution in [0.25, 0.3) is 0 Å². The van der Waals surface area contributed by atoms with Gasteiger partial charge in [0.2, 0.25) is 5.91 Å². The Hall–Kier alpha value is -1.10. The molecule has 4 fully saturated rings. The van der Waals surface area contributed by atoms with Crippen molar-refractivity contribution in [2.45, 2.75) is 63.2 Å². The number of carboxylic acids is 1. The summed E-state index contributed by atoms with van der Waals surface area (Å²) in [5.74, 6) is 2.16. The van der Waals surface area contributed by atoms with Crippen molar-refractivity contribution in [1.29, 1.82) is 0 Å². The summed E-state index contributed by atoms with van der Waals surface area (Å²) in [6.45, 7) is 0. The van der Waals surface area contributed by atoms with Crippen LogP contribution in [-0.2, 0) is 14.3 Å². The molecule has 21 heavy (non-hydrogen) atoms. The third-order valence-electron chi connectivity index (χ3n) is 6.34. The summed E-state index contributed by atoms with van der Waals surface area (Å²) in [4.78, 5) is 23.2. The third kappa shape index (κ3) is 2.17. The fourth-order valence-electron chi connectivity index (χ4n) is 5.52. The van der Waals surface area contributed by atoms with Crippen molar-refractivity contribution < 1.29 is 19.4 Å². The number of aliphatic carboxylic acids is 1. The van der Waals surface area contributed by atoms with E-state index in [9.17, 15) is 9.59 Å². The second-order valence-corrected chi connectivity index (χ2v) is 7.30. The summed E-state index contributed by atoms with van der Waals surface area (Å²) < 4.78 is 5.35. The predicted octanol–water partition coefficient (Wildman–Crippen LogP) is 1.56. The molecule has 4 aliphatic rings. The lowest BCUT2D eigenvalue weighted by molar-refractivity contribution is -0.152. The second kappa shape index (κ2) is 4.97. The van der Waals surface area contributed by atoms with Gasteiger partial charge < -0.3 is 15.2 Å². The van der Waals surface area contributed by atoms with Gasteiger partial charge in [-0.05, 0) is 62.2 Å². The molecule has 0 aromatic rings. The van der Waals surface area contributed by atoms with E-state index in [-0.39, 0.29) is 5.91 Å². The molecule has 5 unspecified atom stereocenters. The summed E-state index contributed by atoms with van der Waals surface area (Å²) in [7, 11) is 0. The summed E-state index contributed by atoms with van der Waals surface area (Å²) in [6.07, 6.45) is 6.07. The highest BCUT2D eigenvalue weighted by Gasteiger charge is 2.54. The molecule has 116 valence electrons. The molecule has 5 heteroatoms. The van der Waals surface area contributed by atoms with Gasteiger partial charge in [0.05, 0.1) is 0 Å². The molecular formula is C16H23NO4. The molecule has 1 heterocycles. The van der Waals surface area contributed by atoms with Gasteiger partial charge in [0.25, 0.3) is 0 Å². The first-order chi connectivity index (χ1) is 10.1. The lowest BCUT2D eigenvalue weighted by Gasteiger charge is -2.32. The molecule has 1 amide bonds. The molecule has 0 spiro atoms. The number of hydrogen-bond acceptors (Lipinski definition) is 3. The fourth-order valence-corrected chi connectivity index (χ4v) is 5.52. The Morgan fingerprint density at radius 2 is 1.71 bits per heavy atom. The molecule has 3 aliphatic carbocycles. The van der Waals surface area contributed by atoms with Crippen LogP contribution in [0.3, 0.4) is 0 Å². The minimum atomic E-state index is -0.959. The number of carbonyl (C=O) groups is 2. The highest BCUT2D eigenvalue weighted by atomic mass is 16.5. The van der Waals surface area contributed by atoms with E-state index in [0.717, 1.165) is 24.2 Å². The Balaban J connectivity index is 1.35. The number of hydrogen-bond donors (Lipinski definition) is 2. The van der Waals surface area contributed by atoms with Gasteiger partial charge in [-0.15, -0.1) is 0 Å². The molecule has 4 rings (SSSR count). The van der Waals surface area contributed by atoms with Crippen molar-refractivity contribution in [3.8, 4) is 0 Å². The monoisotopic (exact) mass is 293 g/mol. The van der Waals surface area contributed by atoms with Gasteiger partial charge in [0, 0.05) is 6.04 Å². The molecule has 7 atom stereocenters. The van der Waals surface area contributed by atoms with Gasteiger partial charge >= 0.3 is 5.97 Å². The average Bonchev–Trinajstić information content (AvgIpc) is 3.20. The second-order valence-electron chi connectivity index (χ2n) is 7.30. The molecule has 1 saturated heterocycles. The van der Waals surface area contributed by atoms with E-state index in [2.05, 4.69) is 5.32 Å². The van der Waals surface area contributed by atoms with Crippen LogP contribution in [0.4, 0.5) is 0 Å². The molecule has 0 radical (unpaired) electrons. The van der Waals surface area contributed by atoms with Crippen LogP contribution < -0.4 is 5.32 Å². The minimum absolute atomic E-state index is 0.0918. The lowest BCUT2D eigenvalue weighted by Crippen LogP contribution is -2.46. The van der Waals surface area contributed by atoms with Crippen molar-refractivity contribution in [3.05, 3.63) is 0 Å². The van der Waals surface area contributed by atoms with Crippen LogP contribution in [0.15, 0.2) is 0 Å². The maximum absolute atomic E-state index is 12.3. The first kappa shape index (κ1) is 13.6. The fraction of sp³-hybridized carbons (Fsp3) is 0.875. The molecule has 0 aromatic heterocycles. The van der Waals surface area contributed by atoms with Crippen LogP contribution >= 0.6 is 0 Å². The highest BCUT2D eigenvalue weighted by Crippen LogP contribution is 2.58. The lowest BCUT2D eigenvalue weighted by atomic mass is 9.79. The van der Waals surface area contributed by atoms with Gasteiger partial charge in [-0.1, -0.05) is 6.42 Å². The first-order valence-corrected chi connectivity index (χ1v) is 8.32. The van der Waals surface area contributed by atoms with Crippen molar-refractivity contribution >= 4 is 11.9 Å². The van der Waals surface area contributed by atoms with E-state index < -0.39 is 18.2 Å². The summed E-state index contributed by atoms with van der Waals surface area (Å²) in [5, 5.41) is 12.1. The number of carboxylic acid groups (broad SMARTS) is 1. The van der Waals surface area contributed by atoms with Crippen molar-refractivity contribution in [2.75, 3.05) is 0 Å². The van der Waals surface area contributed by atoms with Crippen molar-refractivity contribution in [3.63, 3.8) is 0 Å². The standard InChI is InChI=1S/C16H23NO4/c18-15(13-4-5-14(21-13)16(19)20)17-12-7-8-6-11(12)10-3-1-2-9(8)10/h8-14H,1-7H2,(H,17,18)(H,19,20)/t8?,9?,10?,11?,12?,13-,14+/m0/s1. The first-order valence-electron chi connectivity index (χ1n) is 8.32. The number of fused-ring (bicyclic) bond motifs is 5. The van der Waals surface area contributed by atoms with Crippen molar-refractivity contribution in [2.24, 2.45) is 23.7 Å². The largest absolute Gasteiger partial charge is 0.479 e. The molecular weight excluding hydrogens is 270 g/mol. The molecule has 1 aliphatic heterocycles. The zero-order valence-corrected chi connectivity index (χ0v) is 12.2. The summed E-state index contributed by atoms with van der Waals surface area (Å²) in [5.41, 5.74) is 0. The molecule has 5 nitrogen and oxygen atoms in total. The molecule has 2 N–H and O–H groups in total. The Morgan fingerprint density at radius 1 is 0.952 bits per heavy atom. The minimum Gasteiger partial charge on any atom is -0.479 e. The van der Waals surface area contributed by atoms with E-state index in [1.165, 1.54) is 25.7 Å². The molecule has 2 bridgehead atoms. The predicted molar refractivity (Wildman–Crippen MR) is 74.5 cm³/mol. The molecule has 0 aromatic carbocycles. The van der Waals surface area contributed by atoms with Gasteiger partial charge in [0.1, 0.15) is 6.10 Å². The van der Waals surface area contributed by atoms with Gasteiger partial charge in [-0.3, -0.25) is 4.79 Å². The van der Waals surface area contributed by atoms with E-state index >= 15 is 0 Å².